The Labute approximate surface area is 126 Å². The largest absolute Gasteiger partial charge is 0.481 e. The van der Waals surface area contributed by atoms with Gasteiger partial charge in [0.1, 0.15) is 0 Å². The summed E-state index contributed by atoms with van der Waals surface area (Å²) in [7, 11) is 1.50. The van der Waals surface area contributed by atoms with Gasteiger partial charge < -0.3 is 14.7 Å². The molecule has 0 saturated carbocycles. The molecule has 2 aromatic rings. The number of rotatable bonds is 3. The van der Waals surface area contributed by atoms with Crippen LogP contribution in [0, 0.1) is 11.6 Å². The molecule has 0 amide bonds. The summed E-state index contributed by atoms with van der Waals surface area (Å²) in [6.07, 6.45) is 1.35. The maximum atomic E-state index is 13.5. The third kappa shape index (κ3) is 2.71. The Hall–Kier alpha value is -2.28. The van der Waals surface area contributed by atoms with Gasteiger partial charge in [0, 0.05) is 18.8 Å². The van der Waals surface area contributed by atoms with Crippen LogP contribution in [0.25, 0.3) is 0 Å². The number of ether oxygens (including phenoxy) is 1. The van der Waals surface area contributed by atoms with Gasteiger partial charge in [0.25, 0.3) is 0 Å². The van der Waals surface area contributed by atoms with Crippen LogP contribution in [0.15, 0.2) is 30.5 Å². The lowest BCUT2D eigenvalue weighted by atomic mass is 10.0. The van der Waals surface area contributed by atoms with Gasteiger partial charge in [-0.1, -0.05) is 6.07 Å². The summed E-state index contributed by atoms with van der Waals surface area (Å²) in [5.74, 6) is -1.03. The highest BCUT2D eigenvalue weighted by atomic mass is 19.2. The summed E-state index contributed by atoms with van der Waals surface area (Å²) in [6.45, 7) is 0.316. The van der Waals surface area contributed by atoms with E-state index < -0.39 is 17.7 Å². The molecule has 1 N–H and O–H groups in total. The zero-order valence-corrected chi connectivity index (χ0v) is 11.9. The van der Waals surface area contributed by atoms with Crippen LogP contribution in [-0.4, -0.2) is 34.8 Å². The highest BCUT2D eigenvalue weighted by Crippen LogP contribution is 2.35. The molecule has 1 aliphatic rings. The van der Waals surface area contributed by atoms with Crippen LogP contribution < -0.4 is 9.64 Å². The minimum Gasteiger partial charge on any atom is -0.481 e. The van der Waals surface area contributed by atoms with E-state index >= 15 is 0 Å². The average molecular weight is 307 g/mol. The van der Waals surface area contributed by atoms with E-state index in [1.807, 2.05) is 0 Å². The van der Waals surface area contributed by atoms with Gasteiger partial charge in [-0.15, -0.1) is 0 Å². The molecule has 0 spiro atoms. The molecule has 116 valence electrons. The van der Waals surface area contributed by atoms with Crippen molar-refractivity contribution in [3.05, 3.63) is 47.7 Å². The molecule has 0 aliphatic carbocycles. The lowest BCUT2D eigenvalue weighted by Crippen LogP contribution is -2.26. The number of β-amino-alcohol motifs (C(OH)–C–C–N with tert-alkyl or cyclic N) is 1. The first-order chi connectivity index (χ1) is 10.6. The van der Waals surface area contributed by atoms with Crippen molar-refractivity contribution in [3.63, 3.8) is 0 Å². The molecule has 1 fully saturated rings. The van der Waals surface area contributed by atoms with Crippen molar-refractivity contribution in [2.24, 2.45) is 0 Å². The van der Waals surface area contributed by atoms with E-state index in [9.17, 15) is 13.9 Å². The first-order valence-electron chi connectivity index (χ1n) is 6.85. The number of methoxy groups -OCH3 is 1. The Morgan fingerprint density at radius 1 is 1.27 bits per heavy atom. The number of hydrogen-bond acceptors (Lipinski definition) is 5. The average Bonchev–Trinajstić information content (AvgIpc) is 2.92. The predicted octanol–water partition coefficient (Wildman–Crippen LogP) is 2.08. The van der Waals surface area contributed by atoms with Crippen LogP contribution in [0.3, 0.4) is 0 Å². The zero-order chi connectivity index (χ0) is 15.7. The number of aliphatic hydroxyl groups excluding tert-OH is 1. The van der Waals surface area contributed by atoms with Gasteiger partial charge in [-0.2, -0.15) is 4.98 Å². The van der Waals surface area contributed by atoms with Crippen LogP contribution >= 0.6 is 0 Å². The fourth-order valence-corrected chi connectivity index (χ4v) is 2.65. The number of anilines is 1. The van der Waals surface area contributed by atoms with Crippen LogP contribution in [0.4, 0.5) is 14.7 Å². The lowest BCUT2D eigenvalue weighted by Gasteiger charge is -2.24. The predicted molar refractivity (Wildman–Crippen MR) is 75.7 cm³/mol. The molecule has 1 aromatic carbocycles. The summed E-state index contributed by atoms with van der Waals surface area (Å²) in [5.41, 5.74) is 0.571. The Morgan fingerprint density at radius 2 is 2.09 bits per heavy atom. The summed E-state index contributed by atoms with van der Waals surface area (Å²) >= 11 is 0. The number of hydrogen-bond donors (Lipinski definition) is 1. The molecule has 2 heterocycles. The highest BCUT2D eigenvalue weighted by Gasteiger charge is 2.34. The SMILES string of the molecule is COc1ccnc(N2CC(O)CC2c2ccc(F)c(F)c2)n1. The van der Waals surface area contributed by atoms with E-state index in [-0.39, 0.29) is 6.04 Å². The van der Waals surface area contributed by atoms with Crippen LogP contribution in [0.1, 0.15) is 18.0 Å². The molecule has 1 aromatic heterocycles. The van der Waals surface area contributed by atoms with E-state index in [1.165, 1.54) is 13.2 Å². The summed E-state index contributed by atoms with van der Waals surface area (Å²) < 4.78 is 31.6. The van der Waals surface area contributed by atoms with E-state index in [1.54, 1.807) is 17.2 Å². The normalized spacial score (nSPS) is 21.2. The number of aliphatic hydroxyl groups is 1. The summed E-state index contributed by atoms with van der Waals surface area (Å²) in [5, 5.41) is 9.95. The van der Waals surface area contributed by atoms with E-state index in [4.69, 9.17) is 4.74 Å². The quantitative estimate of drug-likeness (QED) is 0.941. The zero-order valence-electron chi connectivity index (χ0n) is 11.9. The Bertz CT molecular complexity index is 684. The highest BCUT2D eigenvalue weighted by molar-refractivity contribution is 5.40. The molecule has 0 radical (unpaired) electrons. The van der Waals surface area contributed by atoms with Gasteiger partial charge in [-0.05, 0) is 24.1 Å². The topological polar surface area (TPSA) is 58.5 Å². The van der Waals surface area contributed by atoms with Crippen LogP contribution in [0.2, 0.25) is 0 Å². The molecular weight excluding hydrogens is 292 g/mol. The Balaban J connectivity index is 1.96. The summed E-state index contributed by atoms with van der Waals surface area (Å²) in [6, 6.07) is 5.03. The van der Waals surface area contributed by atoms with Crippen molar-refractivity contribution < 1.29 is 18.6 Å². The van der Waals surface area contributed by atoms with E-state index in [0.717, 1.165) is 12.1 Å². The smallest absolute Gasteiger partial charge is 0.229 e. The van der Waals surface area contributed by atoms with Crippen molar-refractivity contribution in [2.75, 3.05) is 18.6 Å². The Kier molecular flexibility index (Phi) is 3.89. The molecule has 22 heavy (non-hydrogen) atoms. The fraction of sp³-hybridized carbons (Fsp3) is 0.333. The van der Waals surface area contributed by atoms with Gasteiger partial charge in [-0.3, -0.25) is 0 Å². The van der Waals surface area contributed by atoms with Crippen molar-refractivity contribution >= 4 is 5.95 Å². The third-order valence-electron chi connectivity index (χ3n) is 3.69. The molecule has 1 saturated heterocycles. The first kappa shape index (κ1) is 14.6. The van der Waals surface area contributed by atoms with Crippen molar-refractivity contribution in [1.29, 1.82) is 0 Å². The van der Waals surface area contributed by atoms with Gasteiger partial charge in [0.2, 0.25) is 11.8 Å². The standard InChI is InChI=1S/C15H15F2N3O2/c1-22-14-4-5-18-15(19-14)20-8-10(21)7-13(20)9-2-3-11(16)12(17)6-9/h2-6,10,13,21H,7-8H2,1H3. The van der Waals surface area contributed by atoms with E-state index in [0.29, 0.717) is 30.4 Å². The molecular formula is C15H15F2N3O2. The Morgan fingerprint density at radius 3 is 2.82 bits per heavy atom. The molecule has 1 aliphatic heterocycles. The molecule has 5 nitrogen and oxygen atoms in total. The summed E-state index contributed by atoms with van der Waals surface area (Å²) in [4.78, 5) is 10.2. The number of nitrogens with zero attached hydrogens (tertiary/aromatic N) is 3. The maximum absolute atomic E-state index is 13.5. The minimum absolute atomic E-state index is 0.316. The van der Waals surface area contributed by atoms with Gasteiger partial charge in [0.05, 0.1) is 19.3 Å². The second kappa shape index (κ2) is 5.84. The molecule has 3 rings (SSSR count). The minimum atomic E-state index is -0.912. The number of aromatic nitrogens is 2. The van der Waals surface area contributed by atoms with Gasteiger partial charge in [-0.25, -0.2) is 13.8 Å². The molecule has 7 heteroatoms. The fourth-order valence-electron chi connectivity index (χ4n) is 2.65. The van der Waals surface area contributed by atoms with Crippen LogP contribution in [0.5, 0.6) is 5.88 Å². The second-order valence-electron chi connectivity index (χ2n) is 5.13. The van der Waals surface area contributed by atoms with Gasteiger partial charge in [0.15, 0.2) is 11.6 Å². The first-order valence-corrected chi connectivity index (χ1v) is 6.85. The van der Waals surface area contributed by atoms with Crippen LogP contribution in [-0.2, 0) is 0 Å². The lowest BCUT2D eigenvalue weighted by molar-refractivity contribution is 0.194. The molecule has 2 unspecified atom stereocenters. The maximum Gasteiger partial charge on any atom is 0.229 e. The third-order valence-corrected chi connectivity index (χ3v) is 3.69. The van der Waals surface area contributed by atoms with Gasteiger partial charge >= 0.3 is 0 Å². The van der Waals surface area contributed by atoms with Crippen molar-refractivity contribution in [1.82, 2.24) is 9.97 Å². The monoisotopic (exact) mass is 307 g/mol. The molecule has 2 atom stereocenters. The van der Waals surface area contributed by atoms with Crippen molar-refractivity contribution in [2.45, 2.75) is 18.6 Å². The second-order valence-corrected chi connectivity index (χ2v) is 5.13. The van der Waals surface area contributed by atoms with E-state index in [2.05, 4.69) is 9.97 Å². The molecule has 0 bridgehead atoms. The number of benzene rings is 1. The van der Waals surface area contributed by atoms with Crippen molar-refractivity contribution in [3.8, 4) is 5.88 Å². The number of halogens is 2.